The molecule has 0 N–H and O–H groups in total. The van der Waals surface area contributed by atoms with Gasteiger partial charge in [0.15, 0.2) is 0 Å². The number of aromatic nitrogens is 2. The van der Waals surface area contributed by atoms with E-state index in [1.54, 1.807) is 0 Å². The topological polar surface area (TPSA) is 17.8 Å². The van der Waals surface area contributed by atoms with Crippen LogP contribution in [0.1, 0.15) is 18.3 Å². The summed E-state index contributed by atoms with van der Waals surface area (Å²) >= 11 is 4.29. The minimum atomic E-state index is 0.811. The highest BCUT2D eigenvalue weighted by molar-refractivity contribution is 7.80. The molecule has 17 heavy (non-hydrogen) atoms. The van der Waals surface area contributed by atoms with Crippen molar-refractivity contribution in [1.82, 2.24) is 9.55 Å². The van der Waals surface area contributed by atoms with Crippen LogP contribution in [0.3, 0.4) is 0 Å². The molecule has 2 nitrogen and oxygen atoms in total. The largest absolute Gasteiger partial charge is 0.324 e. The van der Waals surface area contributed by atoms with Crippen LogP contribution in [0.5, 0.6) is 0 Å². The van der Waals surface area contributed by atoms with Crippen molar-refractivity contribution in [3.63, 3.8) is 0 Å². The monoisotopic (exact) mass is 246 g/mol. The Morgan fingerprint density at radius 1 is 1.47 bits per heavy atom. The summed E-state index contributed by atoms with van der Waals surface area (Å²) in [6, 6.07) is 6.51. The van der Waals surface area contributed by atoms with Crippen LogP contribution in [0.15, 0.2) is 30.9 Å². The lowest BCUT2D eigenvalue weighted by molar-refractivity contribution is 0.773. The van der Waals surface area contributed by atoms with Crippen LogP contribution in [0.25, 0.3) is 11.0 Å². The van der Waals surface area contributed by atoms with Gasteiger partial charge in [0.2, 0.25) is 0 Å². The summed E-state index contributed by atoms with van der Waals surface area (Å²) in [6.07, 6.45) is 3.86. The van der Waals surface area contributed by atoms with E-state index < -0.39 is 0 Å². The van der Waals surface area contributed by atoms with Gasteiger partial charge in [-0.25, -0.2) is 4.98 Å². The van der Waals surface area contributed by atoms with Gasteiger partial charge in [-0.2, -0.15) is 12.6 Å². The number of fused-ring (bicyclic) bond motifs is 1. The van der Waals surface area contributed by atoms with Crippen LogP contribution < -0.4 is 0 Å². The zero-order chi connectivity index (χ0) is 12.3. The van der Waals surface area contributed by atoms with Crippen LogP contribution in [-0.4, -0.2) is 15.3 Å². The van der Waals surface area contributed by atoms with E-state index in [1.807, 2.05) is 6.08 Å². The Hall–Kier alpha value is -1.22. The quantitative estimate of drug-likeness (QED) is 0.633. The van der Waals surface area contributed by atoms with E-state index in [4.69, 9.17) is 4.98 Å². The van der Waals surface area contributed by atoms with E-state index in [0.717, 1.165) is 36.5 Å². The number of benzene rings is 1. The van der Waals surface area contributed by atoms with Crippen molar-refractivity contribution in [2.24, 2.45) is 0 Å². The number of imidazole rings is 1. The molecule has 2 aromatic rings. The van der Waals surface area contributed by atoms with Gasteiger partial charge >= 0.3 is 0 Å². The summed E-state index contributed by atoms with van der Waals surface area (Å²) in [4.78, 5) is 4.70. The van der Waals surface area contributed by atoms with Gasteiger partial charge in [-0.1, -0.05) is 19.1 Å². The Bertz CT molecular complexity index is 528. The number of hydrogen-bond donors (Lipinski definition) is 1. The molecule has 0 spiro atoms. The van der Waals surface area contributed by atoms with Crippen LogP contribution in [0.2, 0.25) is 0 Å². The standard InChI is InChI=1S/C14H18N2S/c1-3-8-16-13-6-5-11(4-2)10-12(13)15-14(16)7-9-17/h3,5-6,10,17H,1,4,7-9H2,2H3. The fraction of sp³-hybridized carbons (Fsp3) is 0.357. The number of nitrogens with zero attached hydrogens (tertiary/aromatic N) is 2. The molecule has 1 aromatic carbocycles. The van der Waals surface area contributed by atoms with Gasteiger partial charge in [0, 0.05) is 13.0 Å². The van der Waals surface area contributed by atoms with E-state index in [-0.39, 0.29) is 0 Å². The number of rotatable bonds is 5. The molecule has 0 bridgehead atoms. The maximum Gasteiger partial charge on any atom is 0.110 e. The molecular weight excluding hydrogens is 228 g/mol. The zero-order valence-corrected chi connectivity index (χ0v) is 11.1. The van der Waals surface area contributed by atoms with Crippen molar-refractivity contribution >= 4 is 23.7 Å². The predicted octanol–water partition coefficient (Wildman–Crippen LogP) is 3.26. The Kier molecular flexibility index (Phi) is 3.89. The summed E-state index contributed by atoms with van der Waals surface area (Å²) in [7, 11) is 0. The summed E-state index contributed by atoms with van der Waals surface area (Å²) in [6.45, 7) is 6.78. The molecule has 1 heterocycles. The molecule has 3 heteroatoms. The van der Waals surface area contributed by atoms with Gasteiger partial charge in [0.25, 0.3) is 0 Å². The van der Waals surface area contributed by atoms with Gasteiger partial charge in [0.1, 0.15) is 5.82 Å². The zero-order valence-electron chi connectivity index (χ0n) is 10.2. The second kappa shape index (κ2) is 5.41. The summed E-state index contributed by atoms with van der Waals surface area (Å²) in [5, 5.41) is 0. The van der Waals surface area contributed by atoms with E-state index in [9.17, 15) is 0 Å². The second-order valence-electron chi connectivity index (χ2n) is 4.08. The molecule has 0 fully saturated rings. The third-order valence-corrected chi connectivity index (χ3v) is 3.17. The first kappa shape index (κ1) is 12.2. The van der Waals surface area contributed by atoms with E-state index in [1.165, 1.54) is 11.1 Å². The summed E-state index contributed by atoms with van der Waals surface area (Å²) in [5.74, 6) is 1.92. The van der Waals surface area contributed by atoms with Crippen LogP contribution in [0.4, 0.5) is 0 Å². The van der Waals surface area contributed by atoms with Crippen molar-refractivity contribution in [3.05, 3.63) is 42.2 Å². The van der Waals surface area contributed by atoms with E-state index >= 15 is 0 Å². The molecule has 0 unspecified atom stereocenters. The normalized spacial score (nSPS) is 10.9. The first-order chi connectivity index (χ1) is 8.30. The molecule has 0 aliphatic rings. The average molecular weight is 246 g/mol. The molecule has 0 atom stereocenters. The second-order valence-corrected chi connectivity index (χ2v) is 4.52. The maximum absolute atomic E-state index is 4.70. The number of thiol groups is 1. The SMILES string of the molecule is C=CCn1c(CCS)nc2cc(CC)ccc21. The number of aryl methyl sites for hydroxylation is 2. The molecule has 0 aliphatic heterocycles. The van der Waals surface area contributed by atoms with E-state index in [2.05, 4.69) is 48.9 Å². The fourth-order valence-corrected chi connectivity index (χ4v) is 2.27. The highest BCUT2D eigenvalue weighted by Crippen LogP contribution is 2.19. The Morgan fingerprint density at radius 3 is 2.94 bits per heavy atom. The van der Waals surface area contributed by atoms with Gasteiger partial charge in [-0.15, -0.1) is 6.58 Å². The van der Waals surface area contributed by atoms with Gasteiger partial charge < -0.3 is 4.57 Å². The van der Waals surface area contributed by atoms with Gasteiger partial charge in [-0.3, -0.25) is 0 Å². The lowest BCUT2D eigenvalue weighted by Gasteiger charge is -2.05. The minimum absolute atomic E-state index is 0.811. The lowest BCUT2D eigenvalue weighted by atomic mass is 10.1. The molecule has 0 aliphatic carbocycles. The summed E-state index contributed by atoms with van der Waals surface area (Å²) < 4.78 is 2.22. The molecule has 0 saturated heterocycles. The smallest absolute Gasteiger partial charge is 0.110 e. The molecule has 90 valence electrons. The van der Waals surface area contributed by atoms with Crippen molar-refractivity contribution in [1.29, 1.82) is 0 Å². The Balaban J connectivity index is 2.56. The molecule has 0 radical (unpaired) electrons. The van der Waals surface area contributed by atoms with Crippen molar-refractivity contribution < 1.29 is 0 Å². The molecule has 2 rings (SSSR count). The Morgan fingerprint density at radius 2 is 2.29 bits per heavy atom. The maximum atomic E-state index is 4.70. The van der Waals surface area contributed by atoms with Crippen molar-refractivity contribution in [3.8, 4) is 0 Å². The molecular formula is C14H18N2S. The highest BCUT2D eigenvalue weighted by Gasteiger charge is 2.09. The number of allylic oxidation sites excluding steroid dienone is 1. The number of hydrogen-bond acceptors (Lipinski definition) is 2. The predicted molar refractivity (Wildman–Crippen MR) is 76.9 cm³/mol. The fourth-order valence-electron chi connectivity index (χ4n) is 2.07. The third kappa shape index (κ3) is 2.39. The van der Waals surface area contributed by atoms with Crippen molar-refractivity contribution in [2.75, 3.05) is 5.75 Å². The van der Waals surface area contributed by atoms with Crippen LogP contribution in [0, 0.1) is 0 Å². The molecule has 1 aromatic heterocycles. The molecule has 0 saturated carbocycles. The van der Waals surface area contributed by atoms with E-state index in [0.29, 0.717) is 0 Å². The lowest BCUT2D eigenvalue weighted by Crippen LogP contribution is -2.02. The molecule has 0 amide bonds. The van der Waals surface area contributed by atoms with Crippen LogP contribution >= 0.6 is 12.6 Å². The first-order valence-electron chi connectivity index (χ1n) is 6.00. The summed E-state index contributed by atoms with van der Waals surface area (Å²) in [5.41, 5.74) is 3.61. The third-order valence-electron chi connectivity index (χ3n) is 2.95. The minimum Gasteiger partial charge on any atom is -0.324 e. The highest BCUT2D eigenvalue weighted by atomic mass is 32.1. The van der Waals surface area contributed by atoms with Crippen LogP contribution in [-0.2, 0) is 19.4 Å². The van der Waals surface area contributed by atoms with Crippen molar-refractivity contribution in [2.45, 2.75) is 26.3 Å². The Labute approximate surface area is 108 Å². The average Bonchev–Trinajstić information content (AvgIpc) is 2.68. The first-order valence-corrected chi connectivity index (χ1v) is 6.63. The van der Waals surface area contributed by atoms with Gasteiger partial charge in [-0.05, 0) is 29.9 Å². The van der Waals surface area contributed by atoms with Gasteiger partial charge in [0.05, 0.1) is 11.0 Å².